The summed E-state index contributed by atoms with van der Waals surface area (Å²) in [5.41, 5.74) is 0.115. The molecule has 0 unspecified atom stereocenters. The van der Waals surface area contributed by atoms with Crippen LogP contribution in [0.5, 0.6) is 0 Å². The normalized spacial score (nSPS) is 27.0. The van der Waals surface area contributed by atoms with E-state index in [1.165, 1.54) is 36.5 Å². The Labute approximate surface area is 203 Å². The summed E-state index contributed by atoms with van der Waals surface area (Å²) < 4.78 is 14.5. The largest absolute Gasteiger partial charge is 0.324 e. The van der Waals surface area contributed by atoms with Crippen LogP contribution in [0.3, 0.4) is 0 Å². The van der Waals surface area contributed by atoms with E-state index in [9.17, 15) is 24.1 Å². The van der Waals surface area contributed by atoms with Gasteiger partial charge in [-0.3, -0.25) is 29.6 Å². The predicted octanol–water partition coefficient (Wildman–Crippen LogP) is 3.95. The van der Waals surface area contributed by atoms with Crippen LogP contribution >= 0.6 is 11.8 Å². The first-order valence-electron chi connectivity index (χ1n) is 11.1. The molecule has 0 bridgehead atoms. The molecular weight excluding hydrogens is 471 g/mol. The number of nitrogens with one attached hydrogen (secondary N) is 1. The van der Waals surface area contributed by atoms with Crippen molar-refractivity contribution >= 4 is 34.8 Å². The monoisotopic (exact) mass is 490 g/mol. The van der Waals surface area contributed by atoms with Crippen molar-refractivity contribution in [2.75, 3.05) is 16.9 Å². The maximum atomic E-state index is 14.5. The SMILES string of the molecule is O=C(c1ccccn1)[C@@H]1[C@@H](c2cccc([N+](=O)[O-])c2)[C@@H]2CSCN2[C@@]12C(=O)Nc1ccc(F)cc12. The number of halogens is 1. The lowest BCUT2D eigenvalue weighted by molar-refractivity contribution is -0.384. The summed E-state index contributed by atoms with van der Waals surface area (Å²) in [6.07, 6.45) is 1.51. The van der Waals surface area contributed by atoms with Gasteiger partial charge in [0.15, 0.2) is 5.78 Å². The molecule has 1 amide bonds. The van der Waals surface area contributed by atoms with Gasteiger partial charge in [0.1, 0.15) is 17.1 Å². The Kier molecular flexibility index (Phi) is 4.97. The summed E-state index contributed by atoms with van der Waals surface area (Å²) in [7, 11) is 0. The average Bonchev–Trinajstić information content (AvgIpc) is 3.52. The van der Waals surface area contributed by atoms with Gasteiger partial charge in [-0.15, -0.1) is 11.8 Å². The number of anilines is 1. The standard InChI is InChI=1S/C25H19FN4O4S/c26-15-7-8-18-17(11-15)25(24(32)28-18)22(23(31)19-6-1-2-9-27-19)21(20-12-35-13-29(20)25)14-4-3-5-16(10-14)30(33)34/h1-11,20-22H,12-13H2,(H,28,32)/t20-,21-,22-,25+/m0/s1. The van der Waals surface area contributed by atoms with Crippen LogP contribution in [-0.2, 0) is 10.3 Å². The molecule has 1 aromatic heterocycles. The van der Waals surface area contributed by atoms with Crippen LogP contribution < -0.4 is 5.32 Å². The number of carbonyl (C=O) groups excluding carboxylic acids is 2. The van der Waals surface area contributed by atoms with Crippen molar-refractivity contribution in [1.29, 1.82) is 0 Å². The van der Waals surface area contributed by atoms with E-state index in [-0.39, 0.29) is 23.2 Å². The lowest BCUT2D eigenvalue weighted by Gasteiger charge is -2.36. The number of carbonyl (C=O) groups is 2. The van der Waals surface area contributed by atoms with E-state index in [1.807, 2.05) is 4.90 Å². The first kappa shape index (κ1) is 21.9. The van der Waals surface area contributed by atoms with Gasteiger partial charge in [-0.25, -0.2) is 4.39 Å². The number of Topliss-reactive ketones (excluding diaryl/α,β-unsaturated/α-hetero) is 1. The van der Waals surface area contributed by atoms with Gasteiger partial charge in [0.2, 0.25) is 5.91 Å². The number of amides is 1. The predicted molar refractivity (Wildman–Crippen MR) is 128 cm³/mol. The summed E-state index contributed by atoms with van der Waals surface area (Å²) in [5.74, 6) is -1.68. The number of nitrogens with zero attached hydrogens (tertiary/aromatic N) is 3. The molecule has 3 aromatic rings. The second-order valence-electron chi connectivity index (χ2n) is 8.88. The van der Waals surface area contributed by atoms with Gasteiger partial charge < -0.3 is 5.32 Å². The number of nitro groups is 1. The number of rotatable bonds is 4. The molecule has 3 aliphatic heterocycles. The molecular formula is C25H19FN4O4S. The molecule has 35 heavy (non-hydrogen) atoms. The zero-order valence-electron chi connectivity index (χ0n) is 18.3. The topological polar surface area (TPSA) is 105 Å². The van der Waals surface area contributed by atoms with Crippen LogP contribution in [0.1, 0.15) is 27.5 Å². The van der Waals surface area contributed by atoms with Crippen LogP contribution in [0, 0.1) is 21.8 Å². The second-order valence-corrected chi connectivity index (χ2v) is 9.88. The summed E-state index contributed by atoms with van der Waals surface area (Å²) in [4.78, 5) is 45.3. The number of nitro benzene ring substituents is 1. The highest BCUT2D eigenvalue weighted by molar-refractivity contribution is 7.99. The van der Waals surface area contributed by atoms with Crippen molar-refractivity contribution in [2.45, 2.75) is 17.5 Å². The lowest BCUT2D eigenvalue weighted by atomic mass is 9.70. The van der Waals surface area contributed by atoms with Crippen LogP contribution in [0.4, 0.5) is 15.8 Å². The first-order chi connectivity index (χ1) is 16.9. The molecule has 0 radical (unpaired) electrons. The van der Waals surface area contributed by atoms with Crippen molar-refractivity contribution in [1.82, 2.24) is 9.88 Å². The van der Waals surface area contributed by atoms with Crippen molar-refractivity contribution in [2.24, 2.45) is 5.92 Å². The molecule has 2 saturated heterocycles. The molecule has 6 rings (SSSR count). The molecule has 4 heterocycles. The molecule has 4 atom stereocenters. The number of fused-ring (bicyclic) bond motifs is 4. The van der Waals surface area contributed by atoms with E-state index in [2.05, 4.69) is 10.3 Å². The van der Waals surface area contributed by atoms with Gasteiger partial charge in [-0.1, -0.05) is 18.2 Å². The van der Waals surface area contributed by atoms with Crippen LogP contribution in [-0.4, -0.2) is 44.2 Å². The lowest BCUT2D eigenvalue weighted by Crippen LogP contribution is -2.52. The fraction of sp³-hybridized carbons (Fsp3) is 0.240. The van der Waals surface area contributed by atoms with E-state index in [0.29, 0.717) is 28.4 Å². The van der Waals surface area contributed by atoms with Crippen molar-refractivity contribution in [3.63, 3.8) is 0 Å². The molecule has 176 valence electrons. The summed E-state index contributed by atoms with van der Waals surface area (Å²) in [6.45, 7) is 0. The second kappa shape index (κ2) is 7.96. The third-order valence-electron chi connectivity index (χ3n) is 7.25. The van der Waals surface area contributed by atoms with Crippen LogP contribution in [0.15, 0.2) is 66.9 Å². The highest BCUT2D eigenvalue weighted by atomic mass is 32.2. The molecule has 2 aromatic carbocycles. The van der Waals surface area contributed by atoms with Crippen molar-refractivity contribution in [3.05, 3.63) is 99.6 Å². The maximum absolute atomic E-state index is 14.5. The molecule has 0 saturated carbocycles. The van der Waals surface area contributed by atoms with E-state index in [4.69, 9.17) is 0 Å². The van der Waals surface area contributed by atoms with Gasteiger partial charge >= 0.3 is 0 Å². The quantitative estimate of drug-likeness (QED) is 0.335. The van der Waals surface area contributed by atoms with Gasteiger partial charge in [0, 0.05) is 53.2 Å². The number of aromatic nitrogens is 1. The molecule has 1 spiro atoms. The van der Waals surface area contributed by atoms with Crippen molar-refractivity contribution in [3.8, 4) is 0 Å². The minimum Gasteiger partial charge on any atom is -0.324 e. The Balaban J connectivity index is 1.63. The van der Waals surface area contributed by atoms with E-state index < -0.39 is 34.0 Å². The van der Waals surface area contributed by atoms with Gasteiger partial charge in [-0.2, -0.15) is 0 Å². The molecule has 10 heteroatoms. The third kappa shape index (κ3) is 3.06. The number of thioether (sulfide) groups is 1. The summed E-state index contributed by atoms with van der Waals surface area (Å²) in [6, 6.07) is 15.1. The number of hydrogen-bond donors (Lipinski definition) is 1. The van der Waals surface area contributed by atoms with E-state index in [0.717, 1.165) is 0 Å². The smallest absolute Gasteiger partial charge is 0.269 e. The molecule has 2 fully saturated rings. The minimum atomic E-state index is -1.46. The molecule has 8 nitrogen and oxygen atoms in total. The number of hydrogen-bond acceptors (Lipinski definition) is 7. The first-order valence-corrected chi connectivity index (χ1v) is 12.2. The van der Waals surface area contributed by atoms with E-state index >= 15 is 0 Å². The summed E-state index contributed by atoms with van der Waals surface area (Å²) >= 11 is 1.62. The Bertz CT molecular complexity index is 1390. The number of benzene rings is 2. The summed E-state index contributed by atoms with van der Waals surface area (Å²) in [5, 5.41) is 14.4. The zero-order valence-corrected chi connectivity index (χ0v) is 19.1. The van der Waals surface area contributed by atoms with Crippen molar-refractivity contribution < 1.29 is 18.9 Å². The molecule has 1 N–H and O–H groups in total. The van der Waals surface area contributed by atoms with Crippen LogP contribution in [0.2, 0.25) is 0 Å². The van der Waals surface area contributed by atoms with Crippen LogP contribution in [0.25, 0.3) is 0 Å². The highest BCUT2D eigenvalue weighted by Gasteiger charge is 2.69. The maximum Gasteiger partial charge on any atom is 0.269 e. The van der Waals surface area contributed by atoms with Gasteiger partial charge in [0.25, 0.3) is 5.69 Å². The molecule has 3 aliphatic rings. The number of non-ortho nitro benzene ring substituents is 1. The van der Waals surface area contributed by atoms with Gasteiger partial charge in [-0.05, 0) is 35.9 Å². The fourth-order valence-electron chi connectivity index (χ4n) is 5.93. The zero-order chi connectivity index (χ0) is 24.3. The number of ketones is 1. The number of pyridine rings is 1. The average molecular weight is 491 g/mol. The molecule has 0 aliphatic carbocycles. The Hall–Kier alpha value is -3.63. The Morgan fingerprint density at radius 1 is 1.20 bits per heavy atom. The van der Waals surface area contributed by atoms with E-state index in [1.54, 1.807) is 42.1 Å². The highest BCUT2D eigenvalue weighted by Crippen LogP contribution is 2.61. The Morgan fingerprint density at radius 3 is 2.83 bits per heavy atom. The minimum absolute atomic E-state index is 0.0907. The fourth-order valence-corrected chi connectivity index (χ4v) is 7.26. The Morgan fingerprint density at radius 2 is 2.06 bits per heavy atom. The van der Waals surface area contributed by atoms with Gasteiger partial charge in [0.05, 0.1) is 10.8 Å². The third-order valence-corrected chi connectivity index (χ3v) is 8.29.